The van der Waals surface area contributed by atoms with E-state index in [0.29, 0.717) is 25.6 Å². The van der Waals surface area contributed by atoms with Gasteiger partial charge in [0.15, 0.2) is 0 Å². The number of piperidine rings is 1. The maximum atomic E-state index is 12.0. The quantitative estimate of drug-likeness (QED) is 0.864. The lowest BCUT2D eigenvalue weighted by molar-refractivity contribution is -0.123. The minimum atomic E-state index is -0.325. The van der Waals surface area contributed by atoms with Gasteiger partial charge in [0.2, 0.25) is 5.91 Å². The number of para-hydroxylation sites is 1. The number of rotatable bonds is 4. The molecule has 120 valence electrons. The van der Waals surface area contributed by atoms with Gasteiger partial charge in [-0.2, -0.15) is 0 Å². The Morgan fingerprint density at radius 2 is 2.27 bits per heavy atom. The molecule has 5 nitrogen and oxygen atoms in total. The zero-order chi connectivity index (χ0) is 15.5. The van der Waals surface area contributed by atoms with Gasteiger partial charge in [0, 0.05) is 13.0 Å². The Morgan fingerprint density at radius 3 is 3.05 bits per heavy atom. The molecule has 0 aliphatic carbocycles. The molecule has 0 aromatic heterocycles. The standard InChI is InChI=1S/C17H24N2O3/c1-12-6-7-19(10-15(12)20)11-17(21)18-9-14-8-13-4-2-3-5-16(13)22-14/h2-5,12,14-15,20H,6-11H2,1H3,(H,18,21). The maximum Gasteiger partial charge on any atom is 0.234 e. The molecule has 3 rings (SSSR count). The fraction of sp³-hybridized carbons (Fsp3) is 0.588. The first-order valence-corrected chi connectivity index (χ1v) is 8.03. The fourth-order valence-electron chi connectivity index (χ4n) is 3.11. The van der Waals surface area contributed by atoms with Gasteiger partial charge in [-0.25, -0.2) is 0 Å². The molecule has 2 heterocycles. The van der Waals surface area contributed by atoms with Crippen molar-refractivity contribution in [3.8, 4) is 5.75 Å². The fourth-order valence-corrected chi connectivity index (χ4v) is 3.11. The first-order valence-electron chi connectivity index (χ1n) is 8.03. The van der Waals surface area contributed by atoms with Crippen molar-refractivity contribution in [2.24, 2.45) is 5.92 Å². The van der Waals surface area contributed by atoms with Gasteiger partial charge in [0.1, 0.15) is 11.9 Å². The smallest absolute Gasteiger partial charge is 0.234 e. The molecule has 5 heteroatoms. The van der Waals surface area contributed by atoms with Crippen LogP contribution in [0.2, 0.25) is 0 Å². The number of hydrogen-bond donors (Lipinski definition) is 2. The summed E-state index contributed by atoms with van der Waals surface area (Å²) in [6.07, 6.45) is 1.48. The molecule has 2 aliphatic heterocycles. The lowest BCUT2D eigenvalue weighted by atomic mass is 9.96. The van der Waals surface area contributed by atoms with Crippen LogP contribution in [0.15, 0.2) is 24.3 Å². The average Bonchev–Trinajstić information content (AvgIpc) is 2.92. The number of hydrogen-bond acceptors (Lipinski definition) is 4. The summed E-state index contributed by atoms with van der Waals surface area (Å²) >= 11 is 0. The summed E-state index contributed by atoms with van der Waals surface area (Å²) in [7, 11) is 0. The molecule has 3 unspecified atom stereocenters. The number of nitrogens with one attached hydrogen (secondary N) is 1. The van der Waals surface area contributed by atoms with Crippen LogP contribution in [-0.2, 0) is 11.2 Å². The first kappa shape index (κ1) is 15.3. The summed E-state index contributed by atoms with van der Waals surface area (Å²) in [6.45, 7) is 4.39. The van der Waals surface area contributed by atoms with E-state index in [9.17, 15) is 9.90 Å². The van der Waals surface area contributed by atoms with Crippen LogP contribution >= 0.6 is 0 Å². The van der Waals surface area contributed by atoms with Gasteiger partial charge in [-0.05, 0) is 30.5 Å². The van der Waals surface area contributed by atoms with E-state index in [2.05, 4.69) is 18.3 Å². The molecule has 0 radical (unpaired) electrons. The highest BCUT2D eigenvalue weighted by Crippen LogP contribution is 2.27. The van der Waals surface area contributed by atoms with Crippen molar-refractivity contribution in [1.29, 1.82) is 0 Å². The van der Waals surface area contributed by atoms with Crippen molar-refractivity contribution in [3.63, 3.8) is 0 Å². The van der Waals surface area contributed by atoms with Crippen molar-refractivity contribution in [3.05, 3.63) is 29.8 Å². The van der Waals surface area contributed by atoms with Gasteiger partial charge in [-0.1, -0.05) is 25.1 Å². The zero-order valence-corrected chi connectivity index (χ0v) is 13.0. The third-order valence-electron chi connectivity index (χ3n) is 4.61. The number of aliphatic hydroxyl groups is 1. The van der Waals surface area contributed by atoms with E-state index >= 15 is 0 Å². The van der Waals surface area contributed by atoms with E-state index in [1.54, 1.807) is 0 Å². The molecule has 1 fully saturated rings. The van der Waals surface area contributed by atoms with Gasteiger partial charge in [-0.15, -0.1) is 0 Å². The third-order valence-corrected chi connectivity index (χ3v) is 4.61. The van der Waals surface area contributed by atoms with Crippen LogP contribution in [0, 0.1) is 5.92 Å². The van der Waals surface area contributed by atoms with Crippen molar-refractivity contribution in [2.45, 2.75) is 32.0 Å². The molecule has 1 saturated heterocycles. The lowest BCUT2D eigenvalue weighted by Crippen LogP contribution is -2.48. The van der Waals surface area contributed by atoms with Crippen LogP contribution in [0.5, 0.6) is 5.75 Å². The second kappa shape index (κ2) is 6.67. The van der Waals surface area contributed by atoms with Crippen LogP contribution in [0.3, 0.4) is 0 Å². The Morgan fingerprint density at radius 1 is 1.45 bits per heavy atom. The summed E-state index contributed by atoms with van der Waals surface area (Å²) in [5, 5.41) is 12.8. The number of likely N-dealkylation sites (tertiary alicyclic amines) is 1. The zero-order valence-electron chi connectivity index (χ0n) is 13.0. The van der Waals surface area contributed by atoms with E-state index in [-0.39, 0.29) is 18.1 Å². The molecule has 2 aliphatic rings. The number of benzene rings is 1. The molecular formula is C17H24N2O3. The number of amides is 1. The molecular weight excluding hydrogens is 280 g/mol. The summed E-state index contributed by atoms with van der Waals surface area (Å²) in [5.41, 5.74) is 1.20. The molecule has 0 bridgehead atoms. The largest absolute Gasteiger partial charge is 0.488 e. The minimum Gasteiger partial charge on any atom is -0.488 e. The second-order valence-corrected chi connectivity index (χ2v) is 6.42. The summed E-state index contributed by atoms with van der Waals surface area (Å²) in [5.74, 6) is 1.25. The Bertz CT molecular complexity index is 509. The number of carbonyl (C=O) groups is 1. The van der Waals surface area contributed by atoms with Gasteiger partial charge >= 0.3 is 0 Å². The highest BCUT2D eigenvalue weighted by Gasteiger charge is 2.26. The lowest BCUT2D eigenvalue weighted by Gasteiger charge is -2.33. The Balaban J connectivity index is 1.40. The molecule has 1 aromatic carbocycles. The summed E-state index contributed by atoms with van der Waals surface area (Å²) in [4.78, 5) is 14.1. The van der Waals surface area contributed by atoms with E-state index in [1.807, 2.05) is 23.1 Å². The number of β-amino-alcohol motifs (C(OH)–C–C–N with tert-alkyl or cyclic N) is 1. The predicted octanol–water partition coefficient (Wildman–Crippen LogP) is 0.809. The van der Waals surface area contributed by atoms with Crippen molar-refractivity contribution >= 4 is 5.91 Å². The van der Waals surface area contributed by atoms with Gasteiger partial charge in [0.05, 0.1) is 19.2 Å². The highest BCUT2D eigenvalue weighted by atomic mass is 16.5. The number of fused-ring (bicyclic) bond motifs is 1. The van der Waals surface area contributed by atoms with Crippen molar-refractivity contribution in [1.82, 2.24) is 10.2 Å². The van der Waals surface area contributed by atoms with Crippen LogP contribution in [-0.4, -0.2) is 54.3 Å². The SMILES string of the molecule is CC1CCN(CC(=O)NCC2Cc3ccccc3O2)CC1O. The molecule has 0 spiro atoms. The van der Waals surface area contributed by atoms with Gasteiger partial charge < -0.3 is 15.2 Å². The van der Waals surface area contributed by atoms with E-state index in [0.717, 1.165) is 25.1 Å². The van der Waals surface area contributed by atoms with Crippen LogP contribution in [0.4, 0.5) is 0 Å². The number of aliphatic hydroxyl groups excluding tert-OH is 1. The molecule has 22 heavy (non-hydrogen) atoms. The molecule has 1 aromatic rings. The van der Waals surface area contributed by atoms with Gasteiger partial charge in [-0.3, -0.25) is 9.69 Å². The first-order chi connectivity index (χ1) is 10.6. The van der Waals surface area contributed by atoms with Gasteiger partial charge in [0.25, 0.3) is 0 Å². The van der Waals surface area contributed by atoms with Crippen LogP contribution in [0.1, 0.15) is 18.9 Å². The topological polar surface area (TPSA) is 61.8 Å². The van der Waals surface area contributed by atoms with E-state index in [1.165, 1.54) is 5.56 Å². The number of ether oxygens (including phenoxy) is 1. The molecule has 2 N–H and O–H groups in total. The van der Waals surface area contributed by atoms with E-state index in [4.69, 9.17) is 4.74 Å². The average molecular weight is 304 g/mol. The number of carbonyl (C=O) groups excluding carboxylic acids is 1. The Labute approximate surface area is 131 Å². The summed E-state index contributed by atoms with van der Waals surface area (Å²) < 4.78 is 5.81. The Kier molecular flexibility index (Phi) is 4.64. The summed E-state index contributed by atoms with van der Waals surface area (Å²) in [6, 6.07) is 8.00. The normalized spacial score (nSPS) is 28.0. The maximum absolute atomic E-state index is 12.0. The predicted molar refractivity (Wildman–Crippen MR) is 83.8 cm³/mol. The third kappa shape index (κ3) is 3.59. The van der Waals surface area contributed by atoms with Crippen molar-refractivity contribution in [2.75, 3.05) is 26.2 Å². The van der Waals surface area contributed by atoms with Crippen LogP contribution < -0.4 is 10.1 Å². The monoisotopic (exact) mass is 304 g/mol. The minimum absolute atomic E-state index is 0.00121. The van der Waals surface area contributed by atoms with E-state index < -0.39 is 0 Å². The number of nitrogens with zero attached hydrogens (tertiary/aromatic N) is 1. The van der Waals surface area contributed by atoms with Crippen LogP contribution in [0.25, 0.3) is 0 Å². The second-order valence-electron chi connectivity index (χ2n) is 6.42. The highest BCUT2D eigenvalue weighted by molar-refractivity contribution is 5.78. The Hall–Kier alpha value is -1.59. The van der Waals surface area contributed by atoms with Crippen molar-refractivity contribution < 1.29 is 14.6 Å². The molecule has 3 atom stereocenters. The molecule has 1 amide bonds. The molecule has 0 saturated carbocycles.